The van der Waals surface area contributed by atoms with Crippen molar-refractivity contribution >= 4 is 11.9 Å². The molecule has 1 aliphatic carbocycles. The third-order valence-electron chi connectivity index (χ3n) is 4.91. The van der Waals surface area contributed by atoms with Crippen molar-refractivity contribution in [3.8, 4) is 0 Å². The molecule has 0 spiro atoms. The Kier molecular flexibility index (Phi) is 5.58. The average Bonchev–Trinajstić information content (AvgIpc) is 2.47. The highest BCUT2D eigenvalue weighted by molar-refractivity contribution is 5.84. The fourth-order valence-corrected chi connectivity index (χ4v) is 3.41. The number of aliphatic carboxylic acids is 1. The Morgan fingerprint density at radius 3 is 2.48 bits per heavy atom. The average molecular weight is 297 g/mol. The van der Waals surface area contributed by atoms with Crippen LogP contribution in [0.1, 0.15) is 25.7 Å². The first kappa shape index (κ1) is 16.2. The zero-order valence-corrected chi connectivity index (χ0v) is 13.0. The summed E-state index contributed by atoms with van der Waals surface area (Å²) < 4.78 is 0. The Hall–Kier alpha value is -1.14. The number of hydrogen-bond acceptors (Lipinski definition) is 4. The Labute approximate surface area is 126 Å². The standard InChI is InChI=1S/C15H27N3O3/c1-17-7-8-18(2)11(10-17)9-16-14(19)12-5-3-4-6-13(12)15(20)21/h11-13H,3-10H2,1-2H3,(H,16,19)(H,20,21). The summed E-state index contributed by atoms with van der Waals surface area (Å²) in [4.78, 5) is 28.1. The van der Waals surface area contributed by atoms with Crippen molar-refractivity contribution in [2.75, 3.05) is 40.3 Å². The number of carboxylic acids is 1. The van der Waals surface area contributed by atoms with E-state index in [2.05, 4.69) is 29.2 Å². The maximum atomic E-state index is 12.3. The summed E-state index contributed by atoms with van der Waals surface area (Å²) in [6.45, 7) is 3.58. The summed E-state index contributed by atoms with van der Waals surface area (Å²) in [7, 11) is 4.16. The van der Waals surface area contributed by atoms with E-state index in [4.69, 9.17) is 0 Å². The van der Waals surface area contributed by atoms with E-state index in [0.717, 1.165) is 32.5 Å². The fraction of sp³-hybridized carbons (Fsp3) is 0.867. The largest absolute Gasteiger partial charge is 0.481 e. The third-order valence-corrected chi connectivity index (χ3v) is 4.91. The lowest BCUT2D eigenvalue weighted by Crippen LogP contribution is -2.55. The lowest BCUT2D eigenvalue weighted by Gasteiger charge is -2.38. The van der Waals surface area contributed by atoms with Gasteiger partial charge in [-0.1, -0.05) is 12.8 Å². The Bertz CT molecular complexity index is 388. The molecule has 6 heteroatoms. The monoisotopic (exact) mass is 297 g/mol. The van der Waals surface area contributed by atoms with E-state index < -0.39 is 11.9 Å². The molecule has 1 aliphatic heterocycles. The number of hydrogen-bond donors (Lipinski definition) is 2. The number of carbonyl (C=O) groups is 2. The van der Waals surface area contributed by atoms with Gasteiger partial charge in [-0.2, -0.15) is 0 Å². The van der Waals surface area contributed by atoms with Crippen molar-refractivity contribution in [1.82, 2.24) is 15.1 Å². The number of carbonyl (C=O) groups excluding carboxylic acids is 1. The van der Waals surface area contributed by atoms with Gasteiger partial charge < -0.3 is 15.3 Å². The summed E-state index contributed by atoms with van der Waals surface area (Å²) in [5.74, 6) is -1.78. The molecule has 2 aliphatic rings. The summed E-state index contributed by atoms with van der Waals surface area (Å²) >= 11 is 0. The molecule has 6 nitrogen and oxygen atoms in total. The smallest absolute Gasteiger partial charge is 0.307 e. The van der Waals surface area contributed by atoms with Gasteiger partial charge in [-0.25, -0.2) is 0 Å². The first-order chi connectivity index (χ1) is 9.99. The number of likely N-dealkylation sites (N-methyl/N-ethyl adjacent to an activating group) is 2. The normalized spacial score (nSPS) is 31.8. The summed E-state index contributed by atoms with van der Waals surface area (Å²) in [5.41, 5.74) is 0. The van der Waals surface area contributed by atoms with Crippen LogP contribution in [0.2, 0.25) is 0 Å². The second-order valence-corrected chi connectivity index (χ2v) is 6.48. The van der Waals surface area contributed by atoms with Gasteiger partial charge in [0.05, 0.1) is 11.8 Å². The lowest BCUT2D eigenvalue weighted by atomic mass is 9.78. The maximum absolute atomic E-state index is 12.3. The predicted molar refractivity (Wildman–Crippen MR) is 80.0 cm³/mol. The van der Waals surface area contributed by atoms with Crippen LogP contribution in [0.4, 0.5) is 0 Å². The molecular weight excluding hydrogens is 270 g/mol. The van der Waals surface area contributed by atoms with E-state index >= 15 is 0 Å². The molecule has 2 fully saturated rings. The van der Waals surface area contributed by atoms with Gasteiger partial charge in [-0.05, 0) is 26.9 Å². The molecule has 21 heavy (non-hydrogen) atoms. The maximum Gasteiger partial charge on any atom is 0.307 e. The zero-order chi connectivity index (χ0) is 15.4. The molecule has 0 aromatic carbocycles. The van der Waals surface area contributed by atoms with Crippen LogP contribution >= 0.6 is 0 Å². The molecule has 1 saturated heterocycles. The van der Waals surface area contributed by atoms with Crippen molar-refractivity contribution < 1.29 is 14.7 Å². The highest BCUT2D eigenvalue weighted by atomic mass is 16.4. The molecule has 3 atom stereocenters. The Morgan fingerprint density at radius 2 is 1.81 bits per heavy atom. The molecule has 1 heterocycles. The number of nitrogens with one attached hydrogen (secondary N) is 1. The van der Waals surface area contributed by atoms with E-state index in [1.165, 1.54) is 0 Å². The number of nitrogens with zero attached hydrogens (tertiary/aromatic N) is 2. The van der Waals surface area contributed by atoms with Gasteiger partial charge in [0.1, 0.15) is 0 Å². The van der Waals surface area contributed by atoms with Crippen LogP contribution in [-0.2, 0) is 9.59 Å². The molecule has 0 aromatic rings. The van der Waals surface area contributed by atoms with E-state index in [9.17, 15) is 14.7 Å². The van der Waals surface area contributed by atoms with Gasteiger partial charge in [0.15, 0.2) is 0 Å². The Morgan fingerprint density at radius 1 is 1.14 bits per heavy atom. The van der Waals surface area contributed by atoms with Crippen molar-refractivity contribution in [2.24, 2.45) is 11.8 Å². The molecule has 0 bridgehead atoms. The SMILES string of the molecule is CN1CCN(C)C(CNC(=O)C2CCCCC2C(=O)O)C1. The molecule has 2 rings (SSSR count). The van der Waals surface area contributed by atoms with E-state index in [-0.39, 0.29) is 11.8 Å². The first-order valence-electron chi connectivity index (χ1n) is 7.88. The van der Waals surface area contributed by atoms with Crippen molar-refractivity contribution in [1.29, 1.82) is 0 Å². The van der Waals surface area contributed by atoms with E-state index in [1.54, 1.807) is 0 Å². The second kappa shape index (κ2) is 7.22. The third kappa shape index (κ3) is 4.17. The minimum Gasteiger partial charge on any atom is -0.481 e. The minimum absolute atomic E-state index is 0.0799. The van der Waals surface area contributed by atoms with Crippen LogP contribution in [0.25, 0.3) is 0 Å². The highest BCUT2D eigenvalue weighted by Gasteiger charge is 2.36. The number of rotatable bonds is 4. The molecule has 0 radical (unpaired) electrons. The molecule has 2 N–H and O–H groups in total. The highest BCUT2D eigenvalue weighted by Crippen LogP contribution is 2.30. The topological polar surface area (TPSA) is 72.9 Å². The van der Waals surface area contributed by atoms with Gasteiger partial charge in [-0.3, -0.25) is 14.5 Å². The zero-order valence-electron chi connectivity index (χ0n) is 13.0. The van der Waals surface area contributed by atoms with Gasteiger partial charge in [-0.15, -0.1) is 0 Å². The van der Waals surface area contributed by atoms with Crippen LogP contribution < -0.4 is 5.32 Å². The quantitative estimate of drug-likeness (QED) is 0.778. The molecular formula is C15H27N3O3. The van der Waals surface area contributed by atoms with Gasteiger partial charge in [0.25, 0.3) is 0 Å². The molecule has 1 saturated carbocycles. The molecule has 0 aromatic heterocycles. The number of amides is 1. The van der Waals surface area contributed by atoms with Crippen LogP contribution in [0.5, 0.6) is 0 Å². The van der Waals surface area contributed by atoms with Gasteiger partial charge >= 0.3 is 5.97 Å². The molecule has 3 unspecified atom stereocenters. The van der Waals surface area contributed by atoms with Crippen LogP contribution in [-0.4, -0.2) is 73.1 Å². The van der Waals surface area contributed by atoms with Crippen LogP contribution in [0, 0.1) is 11.8 Å². The summed E-state index contributed by atoms with van der Waals surface area (Å²) in [6, 6.07) is 0.305. The van der Waals surface area contributed by atoms with Gasteiger partial charge in [0.2, 0.25) is 5.91 Å². The van der Waals surface area contributed by atoms with Gasteiger partial charge in [0, 0.05) is 32.2 Å². The lowest BCUT2D eigenvalue weighted by molar-refractivity contribution is -0.149. The molecule has 120 valence electrons. The second-order valence-electron chi connectivity index (χ2n) is 6.48. The van der Waals surface area contributed by atoms with Crippen molar-refractivity contribution in [3.05, 3.63) is 0 Å². The number of piperazine rings is 1. The summed E-state index contributed by atoms with van der Waals surface area (Å²) in [6.07, 6.45) is 3.19. The van der Waals surface area contributed by atoms with Crippen LogP contribution in [0.3, 0.4) is 0 Å². The molecule has 1 amide bonds. The van der Waals surface area contributed by atoms with E-state index in [1.807, 2.05) is 0 Å². The van der Waals surface area contributed by atoms with Crippen molar-refractivity contribution in [2.45, 2.75) is 31.7 Å². The summed E-state index contributed by atoms with van der Waals surface area (Å²) in [5, 5.41) is 12.2. The fourth-order valence-electron chi connectivity index (χ4n) is 3.41. The van der Waals surface area contributed by atoms with Crippen LogP contribution in [0.15, 0.2) is 0 Å². The predicted octanol–water partition coefficient (Wildman–Crippen LogP) is 0.239. The number of carboxylic acid groups (broad SMARTS) is 1. The minimum atomic E-state index is -0.829. The van der Waals surface area contributed by atoms with E-state index in [0.29, 0.717) is 25.4 Å². The Balaban J connectivity index is 1.86. The van der Waals surface area contributed by atoms with Crippen molar-refractivity contribution in [3.63, 3.8) is 0 Å². The first-order valence-corrected chi connectivity index (χ1v) is 7.88.